The summed E-state index contributed by atoms with van der Waals surface area (Å²) in [5.74, 6) is -1.83. The minimum atomic E-state index is -2.01. The Kier molecular flexibility index (Phi) is 5.64. The van der Waals surface area contributed by atoms with E-state index in [9.17, 15) is 14.7 Å². The van der Waals surface area contributed by atoms with Gasteiger partial charge in [-0.05, 0) is 17.7 Å². The largest absolute Gasteiger partial charge is 0.477 e. The van der Waals surface area contributed by atoms with Crippen LogP contribution in [0.15, 0.2) is 91.0 Å². The summed E-state index contributed by atoms with van der Waals surface area (Å²) < 4.78 is 5.82. The Morgan fingerprint density at radius 3 is 1.89 bits per heavy atom. The van der Waals surface area contributed by atoms with Crippen LogP contribution in [-0.2, 0) is 21.9 Å². The zero-order chi connectivity index (χ0) is 19.1. The highest BCUT2D eigenvalue weighted by Crippen LogP contribution is 2.26. The monoisotopic (exact) mass is 361 g/mol. The maximum atomic E-state index is 12.7. The zero-order valence-electron chi connectivity index (χ0n) is 14.5. The van der Waals surface area contributed by atoms with Crippen LogP contribution < -0.4 is 5.32 Å². The number of carboxylic acid groups (broad SMARTS) is 1. The van der Waals surface area contributed by atoms with Gasteiger partial charge in [-0.25, -0.2) is 4.79 Å². The summed E-state index contributed by atoms with van der Waals surface area (Å²) >= 11 is 0. The molecule has 0 aliphatic heterocycles. The molecule has 3 aromatic rings. The number of rotatable bonds is 7. The highest BCUT2D eigenvalue weighted by Gasteiger charge is 2.43. The van der Waals surface area contributed by atoms with Gasteiger partial charge in [0, 0.05) is 11.1 Å². The van der Waals surface area contributed by atoms with Crippen LogP contribution in [-0.4, -0.2) is 17.0 Å². The van der Waals surface area contributed by atoms with Crippen molar-refractivity contribution in [1.29, 1.82) is 0 Å². The fourth-order valence-corrected chi connectivity index (χ4v) is 2.69. The second kappa shape index (κ2) is 8.29. The van der Waals surface area contributed by atoms with Crippen molar-refractivity contribution in [2.45, 2.75) is 12.3 Å². The number of ether oxygens (including phenoxy) is 1. The third kappa shape index (κ3) is 4.22. The van der Waals surface area contributed by atoms with Crippen molar-refractivity contribution in [3.8, 4) is 0 Å². The minimum absolute atomic E-state index is 0.0249. The van der Waals surface area contributed by atoms with Gasteiger partial charge in [0.1, 0.15) is 0 Å². The van der Waals surface area contributed by atoms with Gasteiger partial charge in [-0.2, -0.15) is 0 Å². The predicted octanol–water partition coefficient (Wildman–Crippen LogP) is 3.57. The number of nitrogens with one attached hydrogen (secondary N) is 1. The lowest BCUT2D eigenvalue weighted by molar-refractivity contribution is -0.174. The number of carbonyl (C=O) groups excluding carboxylic acids is 1. The Morgan fingerprint density at radius 2 is 1.33 bits per heavy atom. The van der Waals surface area contributed by atoms with E-state index in [2.05, 4.69) is 5.32 Å². The second-order valence-corrected chi connectivity index (χ2v) is 5.95. The molecule has 0 fully saturated rings. The molecule has 0 heterocycles. The van der Waals surface area contributed by atoms with Crippen LogP contribution >= 0.6 is 0 Å². The molecule has 1 unspecified atom stereocenters. The van der Waals surface area contributed by atoms with Crippen LogP contribution in [0.1, 0.15) is 21.5 Å². The molecule has 0 saturated heterocycles. The molecular weight excluding hydrogens is 342 g/mol. The number of hydrogen-bond acceptors (Lipinski definition) is 3. The van der Waals surface area contributed by atoms with Crippen LogP contribution in [0.2, 0.25) is 0 Å². The van der Waals surface area contributed by atoms with E-state index in [-0.39, 0.29) is 6.61 Å². The molecule has 0 saturated carbocycles. The van der Waals surface area contributed by atoms with Gasteiger partial charge in [-0.1, -0.05) is 78.9 Å². The average molecular weight is 361 g/mol. The number of hydrogen-bond donors (Lipinski definition) is 2. The molecule has 27 heavy (non-hydrogen) atoms. The number of benzene rings is 3. The van der Waals surface area contributed by atoms with Crippen LogP contribution in [0.25, 0.3) is 0 Å². The lowest BCUT2D eigenvalue weighted by Crippen LogP contribution is -2.53. The highest BCUT2D eigenvalue weighted by atomic mass is 16.5. The normalized spacial score (nSPS) is 12.7. The standard InChI is InChI=1S/C22H19NO4/c24-20(18-12-6-2-7-13-18)23-22(21(25)26,19-14-8-3-9-15-19)27-16-17-10-4-1-5-11-17/h1-15H,16H2,(H,23,24)(H,25,26). The molecule has 3 rings (SSSR count). The van der Waals surface area contributed by atoms with Crippen LogP contribution in [0.4, 0.5) is 0 Å². The molecule has 1 amide bonds. The van der Waals surface area contributed by atoms with Gasteiger partial charge in [0.15, 0.2) is 0 Å². The first-order valence-electron chi connectivity index (χ1n) is 8.46. The van der Waals surface area contributed by atoms with E-state index in [0.29, 0.717) is 11.1 Å². The first kappa shape index (κ1) is 18.4. The van der Waals surface area contributed by atoms with Crippen molar-refractivity contribution in [3.05, 3.63) is 108 Å². The van der Waals surface area contributed by atoms with Crippen molar-refractivity contribution >= 4 is 11.9 Å². The smallest absolute Gasteiger partial charge is 0.362 e. The molecular formula is C22H19NO4. The van der Waals surface area contributed by atoms with Crippen LogP contribution in [0.3, 0.4) is 0 Å². The third-order valence-corrected chi connectivity index (χ3v) is 4.11. The third-order valence-electron chi connectivity index (χ3n) is 4.11. The summed E-state index contributed by atoms with van der Waals surface area (Å²) in [5, 5.41) is 12.6. The van der Waals surface area contributed by atoms with E-state index in [1.54, 1.807) is 60.7 Å². The summed E-state index contributed by atoms with van der Waals surface area (Å²) in [6.45, 7) is 0.0249. The topological polar surface area (TPSA) is 75.6 Å². The molecule has 0 spiro atoms. The lowest BCUT2D eigenvalue weighted by Gasteiger charge is -2.31. The summed E-state index contributed by atoms with van der Waals surface area (Å²) in [5.41, 5.74) is -0.530. The molecule has 3 aromatic carbocycles. The van der Waals surface area contributed by atoms with Crippen molar-refractivity contribution < 1.29 is 19.4 Å². The Labute approximate surface area is 157 Å². The van der Waals surface area contributed by atoms with Gasteiger partial charge in [-0.15, -0.1) is 0 Å². The SMILES string of the molecule is O=C(NC(OCc1ccccc1)(C(=O)O)c1ccccc1)c1ccccc1. The van der Waals surface area contributed by atoms with Gasteiger partial charge in [-0.3, -0.25) is 4.79 Å². The molecule has 136 valence electrons. The predicted molar refractivity (Wildman–Crippen MR) is 101 cm³/mol. The molecule has 1 atom stereocenters. The van der Waals surface area contributed by atoms with E-state index >= 15 is 0 Å². The number of amides is 1. The fraction of sp³-hybridized carbons (Fsp3) is 0.0909. The van der Waals surface area contributed by atoms with Gasteiger partial charge >= 0.3 is 5.97 Å². The maximum absolute atomic E-state index is 12.7. The Bertz CT molecular complexity index is 897. The molecule has 0 bridgehead atoms. The van der Waals surface area contributed by atoms with Crippen molar-refractivity contribution in [1.82, 2.24) is 5.32 Å². The summed E-state index contributed by atoms with van der Waals surface area (Å²) in [4.78, 5) is 25.0. The van der Waals surface area contributed by atoms with Gasteiger partial charge in [0.25, 0.3) is 11.6 Å². The Morgan fingerprint density at radius 1 is 0.815 bits per heavy atom. The number of carboxylic acids is 1. The van der Waals surface area contributed by atoms with Crippen LogP contribution in [0, 0.1) is 0 Å². The molecule has 2 N–H and O–H groups in total. The van der Waals surface area contributed by atoms with Crippen molar-refractivity contribution in [3.63, 3.8) is 0 Å². The fourth-order valence-electron chi connectivity index (χ4n) is 2.69. The molecule has 0 aromatic heterocycles. The molecule has 5 heteroatoms. The van der Waals surface area contributed by atoms with Gasteiger partial charge in [0.05, 0.1) is 6.61 Å². The second-order valence-electron chi connectivity index (χ2n) is 5.95. The van der Waals surface area contributed by atoms with E-state index in [1.165, 1.54) is 0 Å². The van der Waals surface area contributed by atoms with Gasteiger partial charge in [0.2, 0.25) is 0 Å². The molecule has 0 aliphatic carbocycles. The minimum Gasteiger partial charge on any atom is -0.477 e. The summed E-state index contributed by atoms with van der Waals surface area (Å²) in [7, 11) is 0. The number of aliphatic carboxylic acids is 1. The maximum Gasteiger partial charge on any atom is 0.362 e. The van der Waals surface area contributed by atoms with E-state index in [4.69, 9.17) is 4.74 Å². The van der Waals surface area contributed by atoms with Crippen LogP contribution in [0.5, 0.6) is 0 Å². The molecule has 0 radical (unpaired) electrons. The van der Waals surface area contributed by atoms with Crippen molar-refractivity contribution in [2.75, 3.05) is 0 Å². The zero-order valence-corrected chi connectivity index (χ0v) is 14.5. The quantitative estimate of drug-likeness (QED) is 0.631. The van der Waals surface area contributed by atoms with E-state index in [0.717, 1.165) is 5.56 Å². The Hall–Kier alpha value is -3.44. The Balaban J connectivity index is 1.96. The number of carbonyl (C=O) groups is 2. The van der Waals surface area contributed by atoms with Gasteiger partial charge < -0.3 is 15.2 Å². The van der Waals surface area contributed by atoms with Crippen molar-refractivity contribution in [2.24, 2.45) is 0 Å². The first-order valence-corrected chi connectivity index (χ1v) is 8.46. The highest BCUT2D eigenvalue weighted by molar-refractivity contribution is 5.97. The van der Waals surface area contributed by atoms with E-state index < -0.39 is 17.6 Å². The lowest BCUT2D eigenvalue weighted by atomic mass is 10.0. The molecule has 0 aliphatic rings. The summed E-state index contributed by atoms with van der Waals surface area (Å²) in [6.07, 6.45) is 0. The van der Waals surface area contributed by atoms with E-state index in [1.807, 2.05) is 30.3 Å². The first-order chi connectivity index (χ1) is 13.1. The summed E-state index contributed by atoms with van der Waals surface area (Å²) in [6, 6.07) is 26.0. The molecule has 5 nitrogen and oxygen atoms in total. The average Bonchev–Trinajstić information content (AvgIpc) is 2.73.